The Kier molecular flexibility index (Phi) is 4.12. The van der Waals surface area contributed by atoms with E-state index >= 15 is 0 Å². The van der Waals surface area contributed by atoms with Crippen LogP contribution in [0.15, 0.2) is 54.9 Å². The van der Waals surface area contributed by atoms with Crippen LogP contribution in [0.25, 0.3) is 10.8 Å². The zero-order chi connectivity index (χ0) is 16.4. The van der Waals surface area contributed by atoms with E-state index in [0.29, 0.717) is 17.0 Å². The van der Waals surface area contributed by atoms with Gasteiger partial charge in [-0.2, -0.15) is 0 Å². The second-order valence-corrected chi connectivity index (χ2v) is 5.70. The first-order chi connectivity index (χ1) is 11.1. The summed E-state index contributed by atoms with van der Waals surface area (Å²) in [4.78, 5) is 16.8. The van der Waals surface area contributed by atoms with E-state index in [4.69, 9.17) is 11.6 Å². The number of benzene rings is 2. The highest BCUT2D eigenvalue weighted by Gasteiger charge is 2.16. The minimum absolute atomic E-state index is 0.0630. The summed E-state index contributed by atoms with van der Waals surface area (Å²) in [6.45, 7) is 0.649. The van der Waals surface area contributed by atoms with Crippen LogP contribution in [-0.2, 0) is 6.54 Å². The Hall–Kier alpha value is -2.66. The number of pyridine rings is 1. The highest BCUT2D eigenvalue weighted by atomic mass is 35.5. The lowest BCUT2D eigenvalue weighted by Gasteiger charge is -2.21. The molecule has 0 N–H and O–H groups in total. The fraction of sp³-hybridized carbons (Fsp3) is 0.118. The molecule has 0 amide bonds. The highest BCUT2D eigenvalue weighted by Crippen LogP contribution is 2.33. The Balaban J connectivity index is 2.03. The summed E-state index contributed by atoms with van der Waals surface area (Å²) < 4.78 is 0. The van der Waals surface area contributed by atoms with Crippen molar-refractivity contribution in [2.45, 2.75) is 6.54 Å². The summed E-state index contributed by atoms with van der Waals surface area (Å²) in [5.74, 6) is 0. The molecule has 0 aliphatic rings. The van der Waals surface area contributed by atoms with E-state index in [9.17, 15) is 10.1 Å². The number of aromatic nitrogens is 1. The minimum atomic E-state index is -0.384. The molecule has 0 saturated carbocycles. The van der Waals surface area contributed by atoms with Gasteiger partial charge in [-0.3, -0.25) is 15.1 Å². The van der Waals surface area contributed by atoms with Gasteiger partial charge >= 0.3 is 0 Å². The van der Waals surface area contributed by atoms with Gasteiger partial charge in [0.1, 0.15) is 0 Å². The van der Waals surface area contributed by atoms with Gasteiger partial charge in [0.2, 0.25) is 0 Å². The number of anilines is 1. The second-order valence-electron chi connectivity index (χ2n) is 5.27. The van der Waals surface area contributed by atoms with Gasteiger partial charge in [0, 0.05) is 48.1 Å². The molecule has 0 unspecified atom stereocenters. The standard InChI is InChI=1S/C17H14ClN3O2/c1-20(11-12-3-2-4-13(18)9-12)16-5-6-17(21(22)23)15-10-19-8-7-14(15)16/h2-10H,11H2,1H3. The molecule has 3 rings (SSSR count). The van der Waals surface area contributed by atoms with Crippen LogP contribution in [0.2, 0.25) is 5.02 Å². The van der Waals surface area contributed by atoms with Crippen LogP contribution in [0, 0.1) is 10.1 Å². The lowest BCUT2D eigenvalue weighted by Crippen LogP contribution is -2.16. The van der Waals surface area contributed by atoms with Crippen molar-refractivity contribution in [2.24, 2.45) is 0 Å². The molecule has 1 aromatic heterocycles. The molecule has 0 aliphatic carbocycles. The van der Waals surface area contributed by atoms with Crippen LogP contribution < -0.4 is 4.90 Å². The average molecular weight is 328 g/mol. The van der Waals surface area contributed by atoms with E-state index in [-0.39, 0.29) is 10.6 Å². The fourth-order valence-corrected chi connectivity index (χ4v) is 2.86. The summed E-state index contributed by atoms with van der Waals surface area (Å²) in [7, 11) is 1.95. The van der Waals surface area contributed by atoms with Gasteiger partial charge < -0.3 is 4.90 Å². The fourth-order valence-electron chi connectivity index (χ4n) is 2.65. The Bertz CT molecular complexity index is 883. The first kappa shape index (κ1) is 15.2. The third-order valence-corrected chi connectivity index (χ3v) is 3.92. The zero-order valence-electron chi connectivity index (χ0n) is 12.4. The van der Waals surface area contributed by atoms with Crippen molar-refractivity contribution >= 4 is 33.7 Å². The number of nitrogens with zero attached hydrogens (tertiary/aromatic N) is 3. The van der Waals surface area contributed by atoms with Gasteiger partial charge in [-0.15, -0.1) is 0 Å². The zero-order valence-corrected chi connectivity index (χ0v) is 13.2. The van der Waals surface area contributed by atoms with Gasteiger partial charge in [0.15, 0.2) is 0 Å². The monoisotopic (exact) mass is 327 g/mol. The third kappa shape index (κ3) is 3.10. The van der Waals surface area contributed by atoms with Gasteiger partial charge in [-0.05, 0) is 29.8 Å². The van der Waals surface area contributed by atoms with Crippen LogP contribution in [0.5, 0.6) is 0 Å². The molecule has 0 spiro atoms. The number of nitro groups is 1. The Morgan fingerprint density at radius 3 is 2.78 bits per heavy atom. The number of non-ortho nitro benzene ring substituents is 1. The molecule has 5 nitrogen and oxygen atoms in total. The lowest BCUT2D eigenvalue weighted by atomic mass is 10.1. The van der Waals surface area contributed by atoms with E-state index in [0.717, 1.165) is 16.6 Å². The predicted molar refractivity (Wildman–Crippen MR) is 92.0 cm³/mol. The maximum atomic E-state index is 11.2. The Morgan fingerprint density at radius 2 is 2.04 bits per heavy atom. The van der Waals surface area contributed by atoms with Crippen molar-refractivity contribution in [3.05, 3.63) is 75.6 Å². The van der Waals surface area contributed by atoms with E-state index < -0.39 is 0 Å². The topological polar surface area (TPSA) is 59.3 Å². The second kappa shape index (κ2) is 6.22. The molecule has 0 bridgehead atoms. The molecule has 0 atom stereocenters. The number of rotatable bonds is 4. The molecule has 0 fully saturated rings. The smallest absolute Gasteiger partial charge is 0.278 e. The predicted octanol–water partition coefficient (Wildman–Crippen LogP) is 4.43. The number of hydrogen-bond acceptors (Lipinski definition) is 4. The summed E-state index contributed by atoms with van der Waals surface area (Å²) >= 11 is 6.02. The Morgan fingerprint density at radius 1 is 1.22 bits per heavy atom. The first-order valence-corrected chi connectivity index (χ1v) is 7.41. The summed E-state index contributed by atoms with van der Waals surface area (Å²) in [6, 6.07) is 12.7. The Labute approximate surface area is 138 Å². The maximum Gasteiger partial charge on any atom is 0.278 e. The molecule has 116 valence electrons. The van der Waals surface area contributed by atoms with Crippen molar-refractivity contribution in [1.82, 2.24) is 4.98 Å². The van der Waals surface area contributed by atoms with Gasteiger partial charge in [-0.25, -0.2) is 0 Å². The van der Waals surface area contributed by atoms with Crippen LogP contribution in [0.1, 0.15) is 5.56 Å². The number of halogens is 1. The van der Waals surface area contributed by atoms with E-state index in [1.54, 1.807) is 18.3 Å². The minimum Gasteiger partial charge on any atom is -0.370 e. The molecule has 1 heterocycles. The summed E-state index contributed by atoms with van der Waals surface area (Å²) in [6.07, 6.45) is 3.17. The molecule has 0 radical (unpaired) electrons. The van der Waals surface area contributed by atoms with Gasteiger partial charge in [-0.1, -0.05) is 23.7 Å². The normalized spacial score (nSPS) is 10.7. The molecule has 3 aromatic rings. The molecule has 2 aromatic carbocycles. The number of nitro benzene ring substituents is 1. The van der Waals surface area contributed by atoms with Gasteiger partial charge in [0.05, 0.1) is 10.3 Å². The molecular formula is C17H14ClN3O2. The molecule has 0 aliphatic heterocycles. The van der Waals surface area contributed by atoms with Crippen LogP contribution in [-0.4, -0.2) is 17.0 Å². The van der Waals surface area contributed by atoms with Crippen molar-refractivity contribution in [1.29, 1.82) is 0 Å². The molecular weight excluding hydrogens is 314 g/mol. The van der Waals surface area contributed by atoms with Crippen molar-refractivity contribution in [3.8, 4) is 0 Å². The first-order valence-electron chi connectivity index (χ1n) is 7.03. The van der Waals surface area contributed by atoms with E-state index in [2.05, 4.69) is 4.98 Å². The quantitative estimate of drug-likeness (QED) is 0.525. The molecule has 23 heavy (non-hydrogen) atoms. The van der Waals surface area contributed by atoms with Gasteiger partial charge in [0.25, 0.3) is 5.69 Å². The van der Waals surface area contributed by atoms with Crippen molar-refractivity contribution in [3.63, 3.8) is 0 Å². The van der Waals surface area contributed by atoms with Crippen LogP contribution >= 0.6 is 11.6 Å². The largest absolute Gasteiger partial charge is 0.370 e. The third-order valence-electron chi connectivity index (χ3n) is 3.69. The van der Waals surface area contributed by atoms with Crippen molar-refractivity contribution in [2.75, 3.05) is 11.9 Å². The SMILES string of the molecule is CN(Cc1cccc(Cl)c1)c1ccc([N+](=O)[O-])c2cnccc12. The van der Waals surface area contributed by atoms with E-state index in [1.165, 1.54) is 12.3 Å². The van der Waals surface area contributed by atoms with Crippen molar-refractivity contribution < 1.29 is 4.92 Å². The summed E-state index contributed by atoms with van der Waals surface area (Å²) in [5.41, 5.74) is 2.04. The average Bonchev–Trinajstić information content (AvgIpc) is 2.53. The molecule has 0 saturated heterocycles. The van der Waals surface area contributed by atoms with E-state index in [1.807, 2.05) is 36.2 Å². The summed E-state index contributed by atoms with van der Waals surface area (Å²) in [5, 5.41) is 13.2. The van der Waals surface area contributed by atoms with Crippen LogP contribution in [0.4, 0.5) is 11.4 Å². The maximum absolute atomic E-state index is 11.2. The lowest BCUT2D eigenvalue weighted by molar-refractivity contribution is -0.383. The number of hydrogen-bond donors (Lipinski definition) is 0. The number of fused-ring (bicyclic) bond motifs is 1. The van der Waals surface area contributed by atoms with Crippen LogP contribution in [0.3, 0.4) is 0 Å². The molecule has 6 heteroatoms. The highest BCUT2D eigenvalue weighted by molar-refractivity contribution is 6.30.